The Morgan fingerprint density at radius 3 is 2.31 bits per heavy atom. The molecule has 0 aromatic carbocycles. The molecule has 0 bridgehead atoms. The Labute approximate surface area is 159 Å². The third-order valence-corrected chi connectivity index (χ3v) is 3.08. The van der Waals surface area contributed by atoms with Gasteiger partial charge in [-0.15, -0.1) is 0 Å². The van der Waals surface area contributed by atoms with Crippen molar-refractivity contribution in [2.75, 3.05) is 6.61 Å². The number of hydrogen-bond donors (Lipinski definition) is 0. The van der Waals surface area contributed by atoms with Crippen LogP contribution in [0.4, 0.5) is 0 Å². The van der Waals surface area contributed by atoms with Gasteiger partial charge in [0.2, 0.25) is 0 Å². The molecule has 0 fully saturated rings. The number of nitrogens with zero attached hydrogens (tertiary/aromatic N) is 6. The van der Waals surface area contributed by atoms with Gasteiger partial charge in [-0.25, -0.2) is 19.9 Å². The van der Waals surface area contributed by atoms with Crippen LogP contribution in [0.3, 0.4) is 0 Å². The number of halogens is 2. The van der Waals surface area contributed by atoms with E-state index in [0.717, 1.165) is 0 Å². The Morgan fingerprint density at radius 2 is 1.73 bits per heavy atom. The fourth-order valence-corrected chi connectivity index (χ4v) is 1.69. The first-order chi connectivity index (χ1) is 12.5. The van der Waals surface area contributed by atoms with E-state index in [0.29, 0.717) is 24.3 Å². The van der Waals surface area contributed by atoms with Gasteiger partial charge in [0.15, 0.2) is 21.7 Å². The number of aldehydes is 1. The van der Waals surface area contributed by atoms with Gasteiger partial charge >= 0.3 is 0 Å². The first kappa shape index (κ1) is 21.0. The summed E-state index contributed by atoms with van der Waals surface area (Å²) in [5.74, 6) is 0. The number of nitriles is 2. The van der Waals surface area contributed by atoms with Crippen molar-refractivity contribution in [3.63, 3.8) is 0 Å². The molecule has 2 heterocycles. The molecule has 26 heavy (non-hydrogen) atoms. The van der Waals surface area contributed by atoms with Gasteiger partial charge in [0, 0.05) is 6.42 Å². The standard InChI is InChI=1S/C9H8ClN3O.C7H4ClN3O/c1-2-14-4-3-7-6-12-9(10)8(5-11)13-7;8-7-6(3-9)11-5(1-2-12)4-10-7/h3-4,6H,2H2,1H3;2,4H,1H2. The second-order valence-corrected chi connectivity index (χ2v) is 5.00. The SMILES string of the molecule is CCOC=Cc1cnc(Cl)c(C#N)n1.N#Cc1nc(CC=O)cnc1Cl. The van der Waals surface area contributed by atoms with Gasteiger partial charge in [-0.1, -0.05) is 23.2 Å². The molecule has 0 saturated heterocycles. The normalized spacial score (nSPS) is 9.58. The Kier molecular flexibility index (Phi) is 9.26. The van der Waals surface area contributed by atoms with Crippen LogP contribution < -0.4 is 0 Å². The number of ether oxygens (including phenoxy) is 1. The summed E-state index contributed by atoms with van der Waals surface area (Å²) in [5, 5.41) is 17.3. The topological polar surface area (TPSA) is 125 Å². The lowest BCUT2D eigenvalue weighted by atomic mass is 10.3. The van der Waals surface area contributed by atoms with Crippen molar-refractivity contribution in [1.29, 1.82) is 10.5 Å². The highest BCUT2D eigenvalue weighted by molar-refractivity contribution is 6.30. The molecule has 10 heteroatoms. The number of carbonyl (C=O) groups is 1. The van der Waals surface area contributed by atoms with E-state index in [4.69, 9.17) is 38.5 Å². The van der Waals surface area contributed by atoms with Gasteiger partial charge in [-0.05, 0) is 13.0 Å². The molecule has 0 aliphatic rings. The third-order valence-electron chi connectivity index (χ3n) is 2.53. The van der Waals surface area contributed by atoms with E-state index >= 15 is 0 Å². The van der Waals surface area contributed by atoms with Crippen LogP contribution in [0.25, 0.3) is 6.08 Å². The predicted molar refractivity (Wildman–Crippen MR) is 93.9 cm³/mol. The van der Waals surface area contributed by atoms with Crippen molar-refractivity contribution in [2.24, 2.45) is 0 Å². The second kappa shape index (κ2) is 11.5. The molecule has 0 aliphatic heterocycles. The highest BCUT2D eigenvalue weighted by atomic mass is 35.5. The van der Waals surface area contributed by atoms with Gasteiger partial charge in [0.1, 0.15) is 18.4 Å². The van der Waals surface area contributed by atoms with Crippen molar-refractivity contribution < 1.29 is 9.53 Å². The first-order valence-corrected chi connectivity index (χ1v) is 7.87. The molecule has 132 valence electrons. The lowest BCUT2D eigenvalue weighted by Gasteiger charge is -1.96. The van der Waals surface area contributed by atoms with Crippen LogP contribution in [0.1, 0.15) is 29.7 Å². The van der Waals surface area contributed by atoms with E-state index < -0.39 is 0 Å². The zero-order chi connectivity index (χ0) is 19.4. The number of hydrogen-bond acceptors (Lipinski definition) is 8. The van der Waals surface area contributed by atoms with E-state index in [9.17, 15) is 4.79 Å². The van der Waals surface area contributed by atoms with Gasteiger partial charge in [-0.3, -0.25) is 0 Å². The summed E-state index contributed by atoms with van der Waals surface area (Å²) in [6, 6.07) is 3.62. The average molecular weight is 391 g/mol. The van der Waals surface area contributed by atoms with Gasteiger partial charge in [0.05, 0.1) is 36.7 Å². The minimum absolute atomic E-state index is 0.0519. The second-order valence-electron chi connectivity index (χ2n) is 4.29. The summed E-state index contributed by atoms with van der Waals surface area (Å²) in [4.78, 5) is 25.3. The third kappa shape index (κ3) is 6.81. The summed E-state index contributed by atoms with van der Waals surface area (Å²) in [6.45, 7) is 2.46. The van der Waals surface area contributed by atoms with Crippen molar-refractivity contribution in [3.8, 4) is 12.1 Å². The van der Waals surface area contributed by atoms with Gasteiger partial charge in [-0.2, -0.15) is 10.5 Å². The maximum absolute atomic E-state index is 10.1. The van der Waals surface area contributed by atoms with Crippen LogP contribution in [0.15, 0.2) is 18.7 Å². The molecule has 0 aliphatic carbocycles. The van der Waals surface area contributed by atoms with Crippen molar-refractivity contribution in [2.45, 2.75) is 13.3 Å². The van der Waals surface area contributed by atoms with Crippen molar-refractivity contribution in [1.82, 2.24) is 19.9 Å². The summed E-state index contributed by atoms with van der Waals surface area (Å²) in [6.07, 6.45) is 6.81. The van der Waals surface area contributed by atoms with Crippen LogP contribution >= 0.6 is 23.2 Å². The smallest absolute Gasteiger partial charge is 0.178 e. The summed E-state index contributed by atoms with van der Waals surface area (Å²) < 4.78 is 4.98. The summed E-state index contributed by atoms with van der Waals surface area (Å²) in [5.41, 5.74) is 1.16. The first-order valence-electron chi connectivity index (χ1n) is 7.11. The van der Waals surface area contributed by atoms with Crippen LogP contribution in [-0.4, -0.2) is 32.8 Å². The lowest BCUT2D eigenvalue weighted by Crippen LogP contribution is -1.96. The molecule has 8 nitrogen and oxygen atoms in total. The van der Waals surface area contributed by atoms with E-state index in [1.807, 2.05) is 13.0 Å². The van der Waals surface area contributed by atoms with Crippen LogP contribution in [0.2, 0.25) is 10.3 Å². The zero-order valence-electron chi connectivity index (χ0n) is 13.6. The molecule has 0 spiro atoms. The van der Waals surface area contributed by atoms with E-state index in [-0.39, 0.29) is 28.1 Å². The minimum Gasteiger partial charge on any atom is -0.501 e. The van der Waals surface area contributed by atoms with Crippen molar-refractivity contribution >= 4 is 35.6 Å². The molecular weight excluding hydrogens is 379 g/mol. The molecular formula is C16H12Cl2N6O2. The molecule has 0 N–H and O–H groups in total. The molecule has 0 amide bonds. The lowest BCUT2D eigenvalue weighted by molar-refractivity contribution is -0.107. The molecule has 0 atom stereocenters. The summed E-state index contributed by atoms with van der Waals surface area (Å²) in [7, 11) is 0. The fraction of sp³-hybridized carbons (Fsp3) is 0.188. The maximum Gasteiger partial charge on any atom is 0.178 e. The van der Waals surface area contributed by atoms with Crippen LogP contribution in [-0.2, 0) is 16.0 Å². The molecule has 0 radical (unpaired) electrons. The Hall–Kier alpha value is -3.07. The molecule has 2 aromatic heterocycles. The van der Waals surface area contributed by atoms with E-state index in [2.05, 4.69) is 19.9 Å². The van der Waals surface area contributed by atoms with E-state index in [1.54, 1.807) is 12.1 Å². The number of rotatable bonds is 5. The largest absolute Gasteiger partial charge is 0.501 e. The molecule has 0 saturated carbocycles. The fourth-order valence-electron chi connectivity index (χ4n) is 1.42. The monoisotopic (exact) mass is 390 g/mol. The molecule has 2 aromatic rings. The van der Waals surface area contributed by atoms with Crippen LogP contribution in [0, 0.1) is 22.7 Å². The van der Waals surface area contributed by atoms with Crippen LogP contribution in [0.5, 0.6) is 0 Å². The van der Waals surface area contributed by atoms with Gasteiger partial charge in [0.25, 0.3) is 0 Å². The molecule has 2 rings (SSSR count). The highest BCUT2D eigenvalue weighted by Crippen LogP contribution is 2.10. The number of carbonyl (C=O) groups excluding carboxylic acids is 1. The Bertz CT molecular complexity index is 874. The van der Waals surface area contributed by atoms with Gasteiger partial charge < -0.3 is 9.53 Å². The molecule has 0 unspecified atom stereocenters. The Balaban J connectivity index is 0.000000263. The summed E-state index contributed by atoms with van der Waals surface area (Å²) >= 11 is 11.1. The minimum atomic E-state index is 0.0519. The number of aromatic nitrogens is 4. The maximum atomic E-state index is 10.1. The Morgan fingerprint density at radius 1 is 1.12 bits per heavy atom. The predicted octanol–water partition coefficient (Wildman–Crippen LogP) is 2.75. The zero-order valence-corrected chi connectivity index (χ0v) is 15.1. The quantitative estimate of drug-likeness (QED) is 0.563. The van der Waals surface area contributed by atoms with E-state index in [1.165, 1.54) is 18.7 Å². The highest BCUT2D eigenvalue weighted by Gasteiger charge is 2.03. The van der Waals surface area contributed by atoms with Crippen molar-refractivity contribution in [3.05, 3.63) is 51.7 Å². The average Bonchev–Trinajstić information content (AvgIpc) is 2.65.